The van der Waals surface area contributed by atoms with Crippen LogP contribution in [0.1, 0.15) is 22.3 Å². The summed E-state index contributed by atoms with van der Waals surface area (Å²) in [5, 5.41) is 0. The van der Waals surface area contributed by atoms with Gasteiger partial charge in [-0.25, -0.2) is 0 Å². The fourth-order valence-electron chi connectivity index (χ4n) is 4.67. The number of nitrogens with zero attached hydrogens (tertiary/aromatic N) is 1. The van der Waals surface area contributed by atoms with Gasteiger partial charge in [-0.1, -0.05) is 109 Å². The molecule has 2 nitrogen and oxygen atoms in total. The van der Waals surface area contributed by atoms with E-state index in [1.54, 1.807) is 0 Å². The van der Waals surface area contributed by atoms with Gasteiger partial charge in [0.2, 0.25) is 0 Å². The van der Waals surface area contributed by atoms with E-state index in [9.17, 15) is 0 Å². The van der Waals surface area contributed by atoms with E-state index in [1.165, 1.54) is 33.4 Å². The minimum absolute atomic E-state index is 0.288. The molecule has 1 heterocycles. The molecule has 0 N–H and O–H groups in total. The summed E-state index contributed by atoms with van der Waals surface area (Å²) in [5.74, 6) is 0. The first-order chi connectivity index (χ1) is 15.9. The van der Waals surface area contributed by atoms with Crippen LogP contribution in [0.5, 0.6) is 0 Å². The Hall–Kier alpha value is -3.20. The lowest BCUT2D eigenvalue weighted by atomic mass is 9.94. The first-order valence-corrected chi connectivity index (χ1v) is 11.4. The maximum Gasteiger partial charge on any atom is 0.0723 e. The monoisotopic (exact) mass is 419 g/mol. The highest BCUT2D eigenvalue weighted by Gasteiger charge is 2.23. The van der Waals surface area contributed by atoms with Crippen molar-refractivity contribution in [3.05, 3.63) is 131 Å². The lowest BCUT2D eigenvalue weighted by Crippen LogP contribution is -2.40. The smallest absolute Gasteiger partial charge is 0.0723 e. The van der Waals surface area contributed by atoms with Crippen molar-refractivity contribution in [1.82, 2.24) is 4.90 Å². The number of hydrogen-bond acceptors (Lipinski definition) is 2. The van der Waals surface area contributed by atoms with Gasteiger partial charge in [0.1, 0.15) is 0 Å². The van der Waals surface area contributed by atoms with Gasteiger partial charge >= 0.3 is 0 Å². The summed E-state index contributed by atoms with van der Waals surface area (Å²) >= 11 is 0. The third-order valence-corrected chi connectivity index (χ3v) is 6.33. The molecule has 0 saturated heterocycles. The molecule has 1 aliphatic heterocycles. The van der Waals surface area contributed by atoms with E-state index in [1.807, 2.05) is 0 Å². The highest BCUT2D eigenvalue weighted by Crippen LogP contribution is 2.31. The number of hydrogen-bond donors (Lipinski definition) is 0. The maximum atomic E-state index is 6.36. The van der Waals surface area contributed by atoms with Crippen molar-refractivity contribution >= 4 is 0 Å². The molecule has 0 spiro atoms. The van der Waals surface area contributed by atoms with E-state index in [4.69, 9.17) is 4.74 Å². The Bertz CT molecular complexity index is 1140. The second kappa shape index (κ2) is 9.95. The second-order valence-corrected chi connectivity index (χ2v) is 8.56. The zero-order valence-electron chi connectivity index (χ0n) is 18.4. The van der Waals surface area contributed by atoms with Gasteiger partial charge in [0, 0.05) is 19.1 Å². The largest absolute Gasteiger partial charge is 0.375 e. The minimum atomic E-state index is 0.288. The van der Waals surface area contributed by atoms with Crippen LogP contribution in [0.25, 0.3) is 11.1 Å². The van der Waals surface area contributed by atoms with Crippen LogP contribution < -0.4 is 0 Å². The van der Waals surface area contributed by atoms with Crippen LogP contribution >= 0.6 is 0 Å². The summed E-state index contributed by atoms with van der Waals surface area (Å²) in [6.07, 6.45) is 0.970. The third kappa shape index (κ3) is 4.83. The Morgan fingerprint density at radius 3 is 1.91 bits per heavy atom. The average molecular weight is 420 g/mol. The van der Waals surface area contributed by atoms with Crippen molar-refractivity contribution in [2.45, 2.75) is 32.2 Å². The zero-order valence-corrected chi connectivity index (χ0v) is 18.4. The summed E-state index contributed by atoms with van der Waals surface area (Å²) < 4.78 is 6.36. The van der Waals surface area contributed by atoms with Crippen LogP contribution in [0.3, 0.4) is 0 Å². The highest BCUT2D eigenvalue weighted by molar-refractivity contribution is 5.70. The van der Waals surface area contributed by atoms with Crippen molar-refractivity contribution in [1.29, 1.82) is 0 Å². The number of ether oxygens (including phenoxy) is 1. The van der Waals surface area contributed by atoms with E-state index >= 15 is 0 Å². The molecule has 0 amide bonds. The fourth-order valence-corrected chi connectivity index (χ4v) is 4.67. The van der Waals surface area contributed by atoms with Gasteiger partial charge < -0.3 is 4.74 Å². The van der Waals surface area contributed by atoms with Gasteiger partial charge in [-0.3, -0.25) is 4.90 Å². The molecule has 0 unspecified atom stereocenters. The summed E-state index contributed by atoms with van der Waals surface area (Å²) in [6.45, 7) is 3.13. The van der Waals surface area contributed by atoms with Crippen LogP contribution in [0, 0.1) is 0 Å². The van der Waals surface area contributed by atoms with Crippen LogP contribution in [-0.2, 0) is 30.9 Å². The van der Waals surface area contributed by atoms with Gasteiger partial charge in [0.15, 0.2) is 0 Å². The average Bonchev–Trinajstić information content (AvgIpc) is 2.85. The first-order valence-electron chi connectivity index (χ1n) is 11.4. The fraction of sp³-hybridized carbons (Fsp3) is 0.200. The van der Waals surface area contributed by atoms with Crippen LogP contribution in [0.2, 0.25) is 0 Å². The Morgan fingerprint density at radius 1 is 0.625 bits per heavy atom. The van der Waals surface area contributed by atoms with Crippen molar-refractivity contribution in [2.75, 3.05) is 6.61 Å². The molecule has 0 aromatic heterocycles. The van der Waals surface area contributed by atoms with Crippen molar-refractivity contribution < 1.29 is 4.74 Å². The Labute approximate surface area is 191 Å². The molecular weight excluding hydrogens is 390 g/mol. The molecule has 1 aliphatic rings. The molecule has 2 heteroatoms. The van der Waals surface area contributed by atoms with Crippen LogP contribution in [0.15, 0.2) is 109 Å². The van der Waals surface area contributed by atoms with Gasteiger partial charge in [-0.15, -0.1) is 0 Å². The maximum absolute atomic E-state index is 6.36. The van der Waals surface area contributed by atoms with Gasteiger partial charge in [0.05, 0.1) is 13.2 Å². The molecule has 32 heavy (non-hydrogen) atoms. The molecule has 0 aliphatic carbocycles. The van der Waals surface area contributed by atoms with Crippen molar-refractivity contribution in [3.8, 4) is 11.1 Å². The number of rotatable bonds is 4. The summed E-state index contributed by atoms with van der Waals surface area (Å²) in [5.41, 5.74) is 7.91. The molecule has 1 atom stereocenters. The third-order valence-electron chi connectivity index (χ3n) is 6.33. The molecule has 5 rings (SSSR count). The topological polar surface area (TPSA) is 12.5 Å². The first kappa shape index (κ1) is 20.7. The van der Waals surface area contributed by atoms with Gasteiger partial charge in [-0.2, -0.15) is 0 Å². The highest BCUT2D eigenvalue weighted by atomic mass is 16.5. The lowest BCUT2D eigenvalue weighted by molar-refractivity contribution is 0.0424. The Balaban J connectivity index is 1.54. The van der Waals surface area contributed by atoms with Gasteiger partial charge in [0.25, 0.3) is 0 Å². The molecule has 160 valence electrons. The molecule has 4 aromatic carbocycles. The number of fused-ring (bicyclic) bond motifs is 3. The quantitative estimate of drug-likeness (QED) is 0.374. The van der Waals surface area contributed by atoms with Crippen LogP contribution in [0.4, 0.5) is 0 Å². The summed E-state index contributed by atoms with van der Waals surface area (Å²) in [6, 6.07) is 39.4. The molecule has 0 fully saturated rings. The van der Waals surface area contributed by atoms with Gasteiger partial charge in [-0.05, 0) is 39.8 Å². The van der Waals surface area contributed by atoms with E-state index in [0.29, 0.717) is 13.2 Å². The predicted octanol–water partition coefficient (Wildman–Crippen LogP) is 6.50. The molecule has 0 radical (unpaired) electrons. The van der Waals surface area contributed by atoms with Crippen molar-refractivity contribution in [3.63, 3.8) is 0 Å². The van der Waals surface area contributed by atoms with E-state index in [2.05, 4.69) is 114 Å². The predicted molar refractivity (Wildman–Crippen MR) is 131 cm³/mol. The van der Waals surface area contributed by atoms with E-state index < -0.39 is 0 Å². The normalized spacial score (nSPS) is 16.7. The minimum Gasteiger partial charge on any atom is -0.375 e. The summed E-state index contributed by atoms with van der Waals surface area (Å²) in [7, 11) is 0. The Kier molecular flexibility index (Phi) is 6.43. The van der Waals surface area contributed by atoms with E-state index in [0.717, 1.165) is 19.5 Å². The second-order valence-electron chi connectivity index (χ2n) is 8.56. The number of benzene rings is 4. The van der Waals surface area contributed by atoms with E-state index in [-0.39, 0.29) is 6.04 Å². The standard InChI is InChI=1S/C30H29NO/c1-3-11-24(12-4-1)19-28-23-32-22-27-16-8-10-18-30(27)29-17-9-7-15-26(29)21-31(28)20-25-13-5-2-6-14-25/h1-18,28H,19-23H2/t28-/m0/s1. The molecule has 0 saturated carbocycles. The molecule has 0 bridgehead atoms. The molecule has 4 aromatic rings. The SMILES string of the molecule is c1ccc(C[C@H]2COCc3ccccc3-c3ccccc3CN2Cc2ccccc2)cc1. The zero-order chi connectivity index (χ0) is 21.6. The molecular formula is C30H29NO. The van der Waals surface area contributed by atoms with Crippen molar-refractivity contribution in [2.24, 2.45) is 0 Å². The summed E-state index contributed by atoms with van der Waals surface area (Å²) in [4.78, 5) is 2.59. The lowest BCUT2D eigenvalue weighted by Gasteiger charge is -2.34. The Morgan fingerprint density at radius 2 is 1.19 bits per heavy atom. The van der Waals surface area contributed by atoms with Crippen LogP contribution in [-0.4, -0.2) is 17.5 Å².